The standard InChI is InChI=1S/C9H14N4O3S/c1-17(14,15)5-8-11-7-2-3-16-4-6(7)9(12-8)13-10/h2-5,10H2,1H3,(H,11,12,13). The molecule has 0 saturated heterocycles. The monoisotopic (exact) mass is 258 g/mol. The molecule has 0 unspecified atom stereocenters. The first kappa shape index (κ1) is 12.2. The molecule has 7 nitrogen and oxygen atoms in total. The average molecular weight is 258 g/mol. The smallest absolute Gasteiger partial charge is 0.154 e. The van der Waals surface area contributed by atoms with Crippen molar-refractivity contribution in [3.05, 3.63) is 17.1 Å². The quantitative estimate of drug-likeness (QED) is 0.549. The van der Waals surface area contributed by atoms with Gasteiger partial charge in [0.2, 0.25) is 0 Å². The number of hydrogen-bond acceptors (Lipinski definition) is 7. The molecule has 0 spiro atoms. The normalized spacial score (nSPS) is 15.4. The molecule has 1 aromatic rings. The van der Waals surface area contributed by atoms with Gasteiger partial charge in [-0.2, -0.15) is 0 Å². The van der Waals surface area contributed by atoms with E-state index in [0.717, 1.165) is 17.5 Å². The molecule has 0 aromatic carbocycles. The van der Waals surface area contributed by atoms with E-state index in [0.29, 0.717) is 25.5 Å². The molecule has 8 heteroatoms. The van der Waals surface area contributed by atoms with Crippen LogP contribution in [0.5, 0.6) is 0 Å². The zero-order valence-electron chi connectivity index (χ0n) is 9.43. The molecule has 94 valence electrons. The van der Waals surface area contributed by atoms with Crippen LogP contribution in [0.2, 0.25) is 0 Å². The molecule has 0 amide bonds. The van der Waals surface area contributed by atoms with Gasteiger partial charge in [0.05, 0.1) is 18.9 Å². The third-order valence-electron chi connectivity index (χ3n) is 2.40. The van der Waals surface area contributed by atoms with Crippen molar-refractivity contribution in [2.45, 2.75) is 18.8 Å². The lowest BCUT2D eigenvalue weighted by molar-refractivity contribution is 0.109. The van der Waals surface area contributed by atoms with Crippen LogP contribution in [0.15, 0.2) is 0 Å². The molecule has 2 heterocycles. The predicted octanol–water partition coefficient (Wildman–Crippen LogP) is -0.620. The summed E-state index contributed by atoms with van der Waals surface area (Å²) in [5, 5.41) is 0. The molecular weight excluding hydrogens is 244 g/mol. The maximum Gasteiger partial charge on any atom is 0.154 e. The summed E-state index contributed by atoms with van der Waals surface area (Å²) in [6.45, 7) is 0.973. The van der Waals surface area contributed by atoms with Crippen LogP contribution in [0.4, 0.5) is 5.82 Å². The molecule has 0 radical (unpaired) electrons. The molecule has 2 rings (SSSR count). The molecule has 0 fully saturated rings. The average Bonchev–Trinajstić information content (AvgIpc) is 2.25. The second-order valence-corrected chi connectivity index (χ2v) is 6.07. The number of aromatic nitrogens is 2. The summed E-state index contributed by atoms with van der Waals surface area (Å²) < 4.78 is 27.7. The number of ether oxygens (including phenoxy) is 1. The zero-order chi connectivity index (χ0) is 12.5. The Morgan fingerprint density at radius 3 is 2.88 bits per heavy atom. The molecule has 0 bridgehead atoms. The van der Waals surface area contributed by atoms with Gasteiger partial charge < -0.3 is 10.2 Å². The van der Waals surface area contributed by atoms with E-state index in [1.807, 2.05) is 0 Å². The number of hydrazine groups is 1. The highest BCUT2D eigenvalue weighted by Crippen LogP contribution is 2.21. The fourth-order valence-electron chi connectivity index (χ4n) is 1.70. The first-order valence-corrected chi connectivity index (χ1v) is 7.16. The summed E-state index contributed by atoms with van der Waals surface area (Å²) in [6, 6.07) is 0. The van der Waals surface area contributed by atoms with Crippen molar-refractivity contribution in [3.8, 4) is 0 Å². The van der Waals surface area contributed by atoms with Gasteiger partial charge in [0.25, 0.3) is 0 Å². The molecule has 0 atom stereocenters. The van der Waals surface area contributed by atoms with Gasteiger partial charge in [-0.3, -0.25) is 0 Å². The zero-order valence-corrected chi connectivity index (χ0v) is 10.2. The van der Waals surface area contributed by atoms with E-state index in [9.17, 15) is 8.42 Å². The van der Waals surface area contributed by atoms with Crippen LogP contribution in [0.1, 0.15) is 17.1 Å². The van der Waals surface area contributed by atoms with Crippen molar-refractivity contribution < 1.29 is 13.2 Å². The van der Waals surface area contributed by atoms with E-state index in [2.05, 4.69) is 15.4 Å². The fourth-order valence-corrected chi connectivity index (χ4v) is 2.30. The third-order valence-corrected chi connectivity index (χ3v) is 3.18. The first-order valence-electron chi connectivity index (χ1n) is 5.10. The number of nitrogens with two attached hydrogens (primary N) is 1. The second kappa shape index (κ2) is 4.55. The van der Waals surface area contributed by atoms with Crippen LogP contribution in [0.3, 0.4) is 0 Å². The molecule has 3 N–H and O–H groups in total. The largest absolute Gasteiger partial charge is 0.376 e. The number of rotatable bonds is 3. The van der Waals surface area contributed by atoms with Crippen molar-refractivity contribution in [2.24, 2.45) is 5.84 Å². The van der Waals surface area contributed by atoms with Crippen molar-refractivity contribution >= 4 is 15.7 Å². The first-order chi connectivity index (χ1) is 7.99. The number of sulfone groups is 1. The van der Waals surface area contributed by atoms with Crippen LogP contribution in [-0.2, 0) is 33.4 Å². The Labute approximate surface area is 99.3 Å². The molecule has 17 heavy (non-hydrogen) atoms. The number of fused-ring (bicyclic) bond motifs is 1. The van der Waals surface area contributed by atoms with Crippen molar-refractivity contribution in [3.63, 3.8) is 0 Å². The van der Waals surface area contributed by atoms with Crippen LogP contribution >= 0.6 is 0 Å². The third kappa shape index (κ3) is 2.90. The highest BCUT2D eigenvalue weighted by atomic mass is 32.2. The highest BCUT2D eigenvalue weighted by molar-refractivity contribution is 7.89. The fraction of sp³-hybridized carbons (Fsp3) is 0.556. The van der Waals surface area contributed by atoms with Gasteiger partial charge in [0.15, 0.2) is 9.84 Å². The maximum atomic E-state index is 11.2. The number of nitrogen functional groups attached to an aromatic ring is 1. The van der Waals surface area contributed by atoms with Crippen molar-refractivity contribution in [1.29, 1.82) is 0 Å². The van der Waals surface area contributed by atoms with E-state index in [1.54, 1.807) is 0 Å². The van der Waals surface area contributed by atoms with Gasteiger partial charge in [-0.25, -0.2) is 24.2 Å². The van der Waals surface area contributed by atoms with Crippen LogP contribution in [0.25, 0.3) is 0 Å². The number of anilines is 1. The van der Waals surface area contributed by atoms with E-state index in [1.165, 1.54) is 0 Å². The van der Waals surface area contributed by atoms with E-state index in [4.69, 9.17) is 10.6 Å². The molecule has 1 aliphatic rings. The van der Waals surface area contributed by atoms with Gasteiger partial charge in [-0.15, -0.1) is 0 Å². The Balaban J connectivity index is 2.42. The molecule has 0 saturated carbocycles. The minimum absolute atomic E-state index is 0.185. The Hall–Kier alpha value is -1.25. The SMILES string of the molecule is CS(=O)(=O)Cc1nc2c(c(NN)n1)COCC2. The van der Waals surface area contributed by atoms with E-state index >= 15 is 0 Å². The number of hydrogen-bond donors (Lipinski definition) is 2. The summed E-state index contributed by atoms with van der Waals surface area (Å²) in [7, 11) is -3.15. The van der Waals surface area contributed by atoms with E-state index in [-0.39, 0.29) is 11.6 Å². The Morgan fingerprint density at radius 2 is 2.24 bits per heavy atom. The highest BCUT2D eigenvalue weighted by Gasteiger charge is 2.19. The van der Waals surface area contributed by atoms with Crippen LogP contribution in [-0.4, -0.2) is 31.2 Å². The predicted molar refractivity (Wildman–Crippen MR) is 61.7 cm³/mol. The molecule has 0 aliphatic carbocycles. The Morgan fingerprint density at radius 1 is 1.47 bits per heavy atom. The summed E-state index contributed by atoms with van der Waals surface area (Å²) in [4.78, 5) is 8.32. The second-order valence-electron chi connectivity index (χ2n) is 3.93. The van der Waals surface area contributed by atoms with Crippen LogP contribution < -0.4 is 11.3 Å². The maximum absolute atomic E-state index is 11.2. The minimum Gasteiger partial charge on any atom is -0.376 e. The summed E-state index contributed by atoms with van der Waals surface area (Å²) in [6.07, 6.45) is 1.79. The van der Waals surface area contributed by atoms with Gasteiger partial charge in [-0.05, 0) is 0 Å². The summed E-state index contributed by atoms with van der Waals surface area (Å²) in [5.74, 6) is 5.88. The van der Waals surface area contributed by atoms with Gasteiger partial charge in [0, 0.05) is 18.2 Å². The van der Waals surface area contributed by atoms with Crippen molar-refractivity contribution in [2.75, 3.05) is 18.3 Å². The lowest BCUT2D eigenvalue weighted by Crippen LogP contribution is -2.21. The lowest BCUT2D eigenvalue weighted by Gasteiger charge is -2.18. The molecule has 1 aromatic heterocycles. The van der Waals surface area contributed by atoms with Gasteiger partial charge >= 0.3 is 0 Å². The van der Waals surface area contributed by atoms with Crippen LogP contribution in [0, 0.1) is 0 Å². The topological polar surface area (TPSA) is 107 Å². The molecule has 1 aliphatic heterocycles. The number of nitrogens with one attached hydrogen (secondary N) is 1. The lowest BCUT2D eigenvalue weighted by atomic mass is 10.1. The summed E-state index contributed by atoms with van der Waals surface area (Å²) in [5.41, 5.74) is 4.06. The number of nitrogens with zero attached hydrogens (tertiary/aromatic N) is 2. The Bertz CT molecular complexity index is 512. The Kier molecular flexibility index (Phi) is 3.27. The van der Waals surface area contributed by atoms with Gasteiger partial charge in [0.1, 0.15) is 17.4 Å². The van der Waals surface area contributed by atoms with E-state index < -0.39 is 9.84 Å². The minimum atomic E-state index is -3.15. The molecular formula is C9H14N4O3S. The van der Waals surface area contributed by atoms with Crippen molar-refractivity contribution in [1.82, 2.24) is 9.97 Å². The van der Waals surface area contributed by atoms with Gasteiger partial charge in [-0.1, -0.05) is 0 Å². The summed E-state index contributed by atoms with van der Waals surface area (Å²) >= 11 is 0.